The average molecular weight is 264 g/mol. The molecule has 2 N–H and O–H groups in total. The molecule has 0 saturated heterocycles. The number of nitro benzene ring substituents is 1. The standard InChI is InChI=1S/C11H12N4O4/c12-5-6-18-7-10-13-11(14-19-10)8-3-1-2-4-9(8)15(16)17/h1-4H,5-7,12H2. The summed E-state index contributed by atoms with van der Waals surface area (Å²) in [5.74, 6) is 0.417. The number of nitrogens with zero attached hydrogens (tertiary/aromatic N) is 3. The van der Waals surface area contributed by atoms with Gasteiger partial charge in [0, 0.05) is 12.6 Å². The highest BCUT2D eigenvalue weighted by Crippen LogP contribution is 2.26. The molecule has 0 spiro atoms. The minimum Gasteiger partial charge on any atom is -0.370 e. The second-order valence-corrected chi connectivity index (χ2v) is 3.63. The van der Waals surface area contributed by atoms with Crippen molar-refractivity contribution in [2.45, 2.75) is 6.61 Å². The fourth-order valence-corrected chi connectivity index (χ4v) is 1.49. The predicted octanol–water partition coefficient (Wildman–Crippen LogP) is 1.12. The fraction of sp³-hybridized carbons (Fsp3) is 0.273. The molecule has 8 heteroatoms. The van der Waals surface area contributed by atoms with Crippen molar-refractivity contribution >= 4 is 5.69 Å². The van der Waals surface area contributed by atoms with Crippen LogP contribution in [0.15, 0.2) is 28.8 Å². The molecule has 0 aliphatic heterocycles. The number of nitro groups is 1. The Balaban J connectivity index is 2.21. The van der Waals surface area contributed by atoms with E-state index in [9.17, 15) is 10.1 Å². The monoisotopic (exact) mass is 264 g/mol. The molecule has 1 aromatic heterocycles. The van der Waals surface area contributed by atoms with Crippen molar-refractivity contribution in [1.29, 1.82) is 0 Å². The Labute approximate surface area is 108 Å². The van der Waals surface area contributed by atoms with Crippen LogP contribution in [0.5, 0.6) is 0 Å². The van der Waals surface area contributed by atoms with Crippen LogP contribution in [0.3, 0.4) is 0 Å². The van der Waals surface area contributed by atoms with E-state index < -0.39 is 4.92 Å². The van der Waals surface area contributed by atoms with Gasteiger partial charge in [-0.15, -0.1) is 0 Å². The first-order valence-electron chi connectivity index (χ1n) is 5.56. The molecule has 0 bridgehead atoms. The first-order chi connectivity index (χ1) is 9.22. The van der Waals surface area contributed by atoms with Crippen LogP contribution in [-0.2, 0) is 11.3 Å². The van der Waals surface area contributed by atoms with Crippen molar-refractivity contribution < 1.29 is 14.2 Å². The van der Waals surface area contributed by atoms with Gasteiger partial charge in [-0.25, -0.2) is 0 Å². The van der Waals surface area contributed by atoms with Crippen LogP contribution in [0, 0.1) is 10.1 Å². The average Bonchev–Trinajstić information content (AvgIpc) is 2.88. The number of hydrogen-bond acceptors (Lipinski definition) is 7. The third kappa shape index (κ3) is 3.12. The third-order valence-electron chi connectivity index (χ3n) is 2.30. The number of benzene rings is 1. The minimum atomic E-state index is -0.490. The maximum atomic E-state index is 10.9. The molecule has 100 valence electrons. The molecule has 2 rings (SSSR count). The number of aromatic nitrogens is 2. The summed E-state index contributed by atoms with van der Waals surface area (Å²) in [7, 11) is 0. The Kier molecular flexibility index (Phi) is 4.16. The molecule has 2 aromatic rings. The van der Waals surface area contributed by atoms with E-state index in [1.54, 1.807) is 18.2 Å². The Morgan fingerprint density at radius 1 is 1.42 bits per heavy atom. The summed E-state index contributed by atoms with van der Waals surface area (Å²) in [6.45, 7) is 0.902. The second kappa shape index (κ2) is 6.03. The van der Waals surface area contributed by atoms with Gasteiger partial charge >= 0.3 is 0 Å². The topological polar surface area (TPSA) is 117 Å². The van der Waals surface area contributed by atoms with Gasteiger partial charge in [-0.1, -0.05) is 17.3 Å². The van der Waals surface area contributed by atoms with E-state index in [4.69, 9.17) is 15.0 Å². The van der Waals surface area contributed by atoms with E-state index in [-0.39, 0.29) is 24.0 Å². The summed E-state index contributed by atoms with van der Waals surface area (Å²) in [6, 6.07) is 6.19. The summed E-state index contributed by atoms with van der Waals surface area (Å²) in [6.07, 6.45) is 0. The number of rotatable bonds is 6. The first kappa shape index (κ1) is 13.1. The lowest BCUT2D eigenvalue weighted by Gasteiger charge is -1.97. The molecule has 0 atom stereocenters. The Morgan fingerprint density at radius 3 is 2.95 bits per heavy atom. The van der Waals surface area contributed by atoms with E-state index in [0.29, 0.717) is 18.7 Å². The molecule has 0 aliphatic rings. The van der Waals surface area contributed by atoms with Crippen LogP contribution in [-0.4, -0.2) is 28.2 Å². The molecule has 0 aliphatic carbocycles. The van der Waals surface area contributed by atoms with Crippen LogP contribution in [0.4, 0.5) is 5.69 Å². The van der Waals surface area contributed by atoms with Crippen LogP contribution in [0.25, 0.3) is 11.4 Å². The molecule has 1 heterocycles. The van der Waals surface area contributed by atoms with E-state index in [0.717, 1.165) is 0 Å². The van der Waals surface area contributed by atoms with Gasteiger partial charge in [-0.3, -0.25) is 10.1 Å². The van der Waals surface area contributed by atoms with Crippen LogP contribution in [0.1, 0.15) is 5.89 Å². The van der Waals surface area contributed by atoms with Gasteiger partial charge in [0.2, 0.25) is 5.82 Å². The predicted molar refractivity (Wildman–Crippen MR) is 65.1 cm³/mol. The third-order valence-corrected chi connectivity index (χ3v) is 2.30. The fourth-order valence-electron chi connectivity index (χ4n) is 1.49. The van der Waals surface area contributed by atoms with Crippen LogP contribution >= 0.6 is 0 Å². The highest BCUT2D eigenvalue weighted by Gasteiger charge is 2.19. The Morgan fingerprint density at radius 2 is 2.21 bits per heavy atom. The molecular weight excluding hydrogens is 252 g/mol. The van der Waals surface area contributed by atoms with Crippen molar-refractivity contribution in [3.63, 3.8) is 0 Å². The van der Waals surface area contributed by atoms with E-state index in [2.05, 4.69) is 10.1 Å². The zero-order valence-electron chi connectivity index (χ0n) is 9.98. The van der Waals surface area contributed by atoms with Crippen LogP contribution < -0.4 is 5.73 Å². The second-order valence-electron chi connectivity index (χ2n) is 3.63. The molecule has 0 amide bonds. The Hall–Kier alpha value is -2.32. The molecule has 19 heavy (non-hydrogen) atoms. The highest BCUT2D eigenvalue weighted by molar-refractivity contribution is 5.67. The zero-order chi connectivity index (χ0) is 13.7. The highest BCUT2D eigenvalue weighted by atomic mass is 16.6. The van der Waals surface area contributed by atoms with Gasteiger partial charge in [0.05, 0.1) is 11.5 Å². The summed E-state index contributed by atoms with van der Waals surface area (Å²) in [4.78, 5) is 14.5. The van der Waals surface area contributed by atoms with Crippen molar-refractivity contribution in [2.24, 2.45) is 5.73 Å². The number of ether oxygens (including phenoxy) is 1. The molecular formula is C11H12N4O4. The first-order valence-corrected chi connectivity index (χ1v) is 5.56. The van der Waals surface area contributed by atoms with Gasteiger partial charge in [0.15, 0.2) is 0 Å². The van der Waals surface area contributed by atoms with Crippen molar-refractivity contribution in [2.75, 3.05) is 13.2 Å². The van der Waals surface area contributed by atoms with Crippen LogP contribution in [0.2, 0.25) is 0 Å². The normalized spacial score (nSPS) is 10.6. The van der Waals surface area contributed by atoms with Gasteiger partial charge in [0.1, 0.15) is 12.2 Å². The molecule has 1 aromatic carbocycles. The lowest BCUT2D eigenvalue weighted by molar-refractivity contribution is -0.384. The molecule has 0 fully saturated rings. The van der Waals surface area contributed by atoms with E-state index >= 15 is 0 Å². The minimum absolute atomic E-state index is 0.0715. The van der Waals surface area contributed by atoms with Gasteiger partial charge in [-0.2, -0.15) is 4.98 Å². The smallest absolute Gasteiger partial charge is 0.280 e. The number of para-hydroxylation sites is 1. The number of nitrogens with two attached hydrogens (primary N) is 1. The Bertz CT molecular complexity index is 569. The molecule has 8 nitrogen and oxygen atoms in total. The summed E-state index contributed by atoms with van der Waals surface area (Å²) >= 11 is 0. The molecule has 0 unspecified atom stereocenters. The summed E-state index contributed by atoms with van der Waals surface area (Å²) in [5, 5.41) is 14.6. The lowest BCUT2D eigenvalue weighted by Crippen LogP contribution is -2.08. The van der Waals surface area contributed by atoms with Gasteiger partial charge < -0.3 is 15.0 Å². The number of hydrogen-bond donors (Lipinski definition) is 1. The summed E-state index contributed by atoms with van der Waals surface area (Å²) < 4.78 is 10.1. The van der Waals surface area contributed by atoms with E-state index in [1.165, 1.54) is 6.07 Å². The van der Waals surface area contributed by atoms with E-state index in [1.807, 2.05) is 0 Å². The maximum absolute atomic E-state index is 10.9. The SMILES string of the molecule is NCCOCc1nc(-c2ccccc2[N+](=O)[O-])no1. The van der Waals surface area contributed by atoms with Crippen molar-refractivity contribution in [1.82, 2.24) is 10.1 Å². The van der Waals surface area contributed by atoms with Gasteiger partial charge in [0.25, 0.3) is 11.6 Å². The lowest BCUT2D eigenvalue weighted by atomic mass is 10.2. The van der Waals surface area contributed by atoms with Crippen molar-refractivity contribution in [3.8, 4) is 11.4 Å². The molecule has 0 radical (unpaired) electrons. The molecule has 0 saturated carbocycles. The van der Waals surface area contributed by atoms with Crippen molar-refractivity contribution in [3.05, 3.63) is 40.3 Å². The largest absolute Gasteiger partial charge is 0.370 e. The van der Waals surface area contributed by atoms with Gasteiger partial charge in [-0.05, 0) is 6.07 Å². The quantitative estimate of drug-likeness (QED) is 0.471. The summed E-state index contributed by atoms with van der Waals surface area (Å²) in [5.41, 5.74) is 5.51. The zero-order valence-corrected chi connectivity index (χ0v) is 9.98. The maximum Gasteiger partial charge on any atom is 0.280 e.